The lowest BCUT2D eigenvalue weighted by Crippen LogP contribution is -2.39. The summed E-state index contributed by atoms with van der Waals surface area (Å²) < 4.78 is 33.1. The van der Waals surface area contributed by atoms with E-state index in [0.29, 0.717) is 5.69 Å². The average molecular weight is 391 g/mol. The summed E-state index contributed by atoms with van der Waals surface area (Å²) >= 11 is 0. The van der Waals surface area contributed by atoms with Crippen LogP contribution < -0.4 is 10.0 Å². The van der Waals surface area contributed by atoms with Crippen molar-refractivity contribution in [1.82, 2.24) is 9.88 Å². The van der Waals surface area contributed by atoms with E-state index in [1.807, 2.05) is 13.0 Å². The molecule has 2 heterocycles. The maximum absolute atomic E-state index is 12.6. The Hall–Kier alpha value is -2.16. The normalized spacial score (nSPS) is 15.5. The van der Waals surface area contributed by atoms with Crippen molar-refractivity contribution in [1.29, 1.82) is 0 Å². The quantitative estimate of drug-likeness (QED) is 0.754. The summed E-state index contributed by atoms with van der Waals surface area (Å²) in [5, 5.41) is 3.26. The molecule has 0 saturated carbocycles. The third-order valence-electron chi connectivity index (χ3n) is 4.47. The van der Waals surface area contributed by atoms with Crippen LogP contribution >= 0.6 is 0 Å². The molecule has 2 aromatic rings. The Bertz CT molecular complexity index is 863. The van der Waals surface area contributed by atoms with Gasteiger partial charge in [-0.3, -0.25) is 9.62 Å². The van der Waals surface area contributed by atoms with E-state index < -0.39 is 10.0 Å². The molecule has 0 aliphatic carbocycles. The molecule has 146 valence electrons. The van der Waals surface area contributed by atoms with Crippen LogP contribution in [0.3, 0.4) is 0 Å². The molecule has 1 fully saturated rings. The number of benzene rings is 1. The number of hydrogen-bond donors (Lipinski definition) is 2. The lowest BCUT2D eigenvalue weighted by atomic mass is 10.2. The Kier molecular flexibility index (Phi) is 6.30. The van der Waals surface area contributed by atoms with Gasteiger partial charge < -0.3 is 10.1 Å². The molecule has 8 heteroatoms. The topological polar surface area (TPSA) is 83.6 Å². The van der Waals surface area contributed by atoms with Gasteiger partial charge in [-0.1, -0.05) is 17.7 Å². The van der Waals surface area contributed by atoms with Crippen LogP contribution in [-0.2, 0) is 14.8 Å². The van der Waals surface area contributed by atoms with Crippen LogP contribution in [0.25, 0.3) is 0 Å². The summed E-state index contributed by atoms with van der Waals surface area (Å²) in [4.78, 5) is 6.91. The second-order valence-corrected chi connectivity index (χ2v) is 8.34. The van der Waals surface area contributed by atoms with Crippen molar-refractivity contribution in [2.45, 2.75) is 18.7 Å². The Morgan fingerprint density at radius 2 is 1.93 bits per heavy atom. The predicted molar refractivity (Wildman–Crippen MR) is 107 cm³/mol. The van der Waals surface area contributed by atoms with Gasteiger partial charge in [0.1, 0.15) is 5.82 Å². The van der Waals surface area contributed by atoms with Gasteiger partial charge in [-0.05, 0) is 37.6 Å². The van der Waals surface area contributed by atoms with Crippen LogP contribution in [0.1, 0.15) is 11.1 Å². The third kappa shape index (κ3) is 5.41. The predicted octanol–water partition coefficient (Wildman–Crippen LogP) is 2.24. The molecule has 0 unspecified atom stereocenters. The van der Waals surface area contributed by atoms with Gasteiger partial charge in [0.2, 0.25) is 0 Å². The fourth-order valence-corrected chi connectivity index (χ4v) is 4.31. The highest BCUT2D eigenvalue weighted by Gasteiger charge is 2.17. The minimum atomic E-state index is -3.63. The molecule has 3 rings (SSSR count). The Labute approximate surface area is 160 Å². The maximum atomic E-state index is 12.6. The van der Waals surface area contributed by atoms with Crippen LogP contribution in [0.2, 0.25) is 0 Å². The second-order valence-electron chi connectivity index (χ2n) is 6.69. The van der Waals surface area contributed by atoms with Gasteiger partial charge in [0.25, 0.3) is 10.0 Å². The molecule has 0 atom stereocenters. The number of morpholine rings is 1. The second kappa shape index (κ2) is 8.69. The van der Waals surface area contributed by atoms with Crippen LogP contribution in [0.4, 0.5) is 11.5 Å². The van der Waals surface area contributed by atoms with Crippen LogP contribution in [-0.4, -0.2) is 57.7 Å². The first kappa shape index (κ1) is 19.6. The van der Waals surface area contributed by atoms with Crippen LogP contribution in [0.5, 0.6) is 0 Å². The summed E-state index contributed by atoms with van der Waals surface area (Å²) in [6.07, 6.45) is 1.53. The van der Waals surface area contributed by atoms with E-state index in [4.69, 9.17) is 4.74 Å². The monoisotopic (exact) mass is 390 g/mol. The number of aryl methyl sites for hydroxylation is 2. The van der Waals surface area contributed by atoms with Crippen LogP contribution in [0, 0.1) is 13.8 Å². The minimum Gasteiger partial charge on any atom is -0.379 e. The number of rotatable bonds is 7. The minimum absolute atomic E-state index is 0.279. The summed E-state index contributed by atoms with van der Waals surface area (Å²) in [5.74, 6) is 0.720. The molecule has 1 aromatic carbocycles. The van der Waals surface area contributed by atoms with Crippen molar-refractivity contribution < 1.29 is 13.2 Å². The zero-order chi connectivity index (χ0) is 19.3. The number of ether oxygens (including phenoxy) is 1. The summed E-state index contributed by atoms with van der Waals surface area (Å²) in [5.41, 5.74) is 2.19. The largest absolute Gasteiger partial charge is 0.379 e. The van der Waals surface area contributed by atoms with Gasteiger partial charge in [0.15, 0.2) is 0 Å². The number of hydrogen-bond acceptors (Lipinski definition) is 6. The fourth-order valence-electron chi connectivity index (χ4n) is 3.04. The molecule has 1 aromatic heterocycles. The van der Waals surface area contributed by atoms with Gasteiger partial charge >= 0.3 is 0 Å². The molecule has 2 N–H and O–H groups in total. The first-order chi connectivity index (χ1) is 12.9. The van der Waals surface area contributed by atoms with E-state index >= 15 is 0 Å². The van der Waals surface area contributed by atoms with Gasteiger partial charge in [0.05, 0.1) is 30.0 Å². The maximum Gasteiger partial charge on any atom is 0.262 e. The Balaban J connectivity index is 1.56. The smallest absolute Gasteiger partial charge is 0.262 e. The highest BCUT2D eigenvalue weighted by Crippen LogP contribution is 2.20. The van der Waals surface area contributed by atoms with Gasteiger partial charge in [0, 0.05) is 26.2 Å². The lowest BCUT2D eigenvalue weighted by Gasteiger charge is -2.26. The third-order valence-corrected chi connectivity index (χ3v) is 6.02. The molecular formula is C19H26N4O3S. The standard InChI is InChI=1S/C19H26N4O3S/c1-15-3-5-18(16(2)13-15)27(24,25)22-17-4-6-19(21-14-17)20-7-8-23-9-11-26-12-10-23/h3-6,13-14,22H,7-12H2,1-2H3,(H,20,21). The Morgan fingerprint density at radius 1 is 1.15 bits per heavy atom. The first-order valence-electron chi connectivity index (χ1n) is 9.04. The number of pyridine rings is 1. The number of aromatic nitrogens is 1. The molecule has 0 bridgehead atoms. The van der Waals surface area contributed by atoms with Gasteiger partial charge in [-0.25, -0.2) is 13.4 Å². The number of nitrogens with zero attached hydrogens (tertiary/aromatic N) is 2. The highest BCUT2D eigenvalue weighted by molar-refractivity contribution is 7.92. The van der Waals surface area contributed by atoms with E-state index in [1.54, 1.807) is 31.2 Å². The number of anilines is 2. The zero-order valence-corrected chi connectivity index (χ0v) is 16.6. The van der Waals surface area contributed by atoms with E-state index in [0.717, 1.165) is 56.3 Å². The molecule has 0 radical (unpaired) electrons. The van der Waals surface area contributed by atoms with Crippen molar-refractivity contribution in [3.63, 3.8) is 0 Å². The average Bonchev–Trinajstić information content (AvgIpc) is 2.63. The van der Waals surface area contributed by atoms with E-state index in [2.05, 4.69) is 19.9 Å². The lowest BCUT2D eigenvalue weighted by molar-refractivity contribution is 0.0398. The van der Waals surface area contributed by atoms with Gasteiger partial charge in [-0.15, -0.1) is 0 Å². The van der Waals surface area contributed by atoms with E-state index in [1.165, 1.54) is 6.20 Å². The van der Waals surface area contributed by atoms with Gasteiger partial charge in [-0.2, -0.15) is 0 Å². The first-order valence-corrected chi connectivity index (χ1v) is 10.5. The zero-order valence-electron chi connectivity index (χ0n) is 15.7. The van der Waals surface area contributed by atoms with E-state index in [-0.39, 0.29) is 4.90 Å². The molecule has 1 saturated heterocycles. The number of sulfonamides is 1. The summed E-state index contributed by atoms with van der Waals surface area (Å²) in [6.45, 7) is 8.91. The van der Waals surface area contributed by atoms with E-state index in [9.17, 15) is 8.42 Å². The van der Waals surface area contributed by atoms with Crippen molar-refractivity contribution >= 4 is 21.5 Å². The molecule has 1 aliphatic heterocycles. The molecule has 27 heavy (non-hydrogen) atoms. The SMILES string of the molecule is Cc1ccc(S(=O)(=O)Nc2ccc(NCCN3CCOCC3)nc2)c(C)c1. The summed E-state index contributed by atoms with van der Waals surface area (Å²) in [7, 11) is -3.63. The van der Waals surface area contributed by atoms with Crippen molar-refractivity contribution in [2.24, 2.45) is 0 Å². The molecule has 0 spiro atoms. The van der Waals surface area contributed by atoms with Crippen molar-refractivity contribution in [2.75, 3.05) is 49.4 Å². The molecule has 7 nitrogen and oxygen atoms in total. The highest BCUT2D eigenvalue weighted by atomic mass is 32.2. The molecular weight excluding hydrogens is 364 g/mol. The fraction of sp³-hybridized carbons (Fsp3) is 0.421. The van der Waals surface area contributed by atoms with Crippen molar-refractivity contribution in [3.8, 4) is 0 Å². The Morgan fingerprint density at radius 3 is 2.59 bits per heavy atom. The number of nitrogens with one attached hydrogen (secondary N) is 2. The van der Waals surface area contributed by atoms with Crippen molar-refractivity contribution in [3.05, 3.63) is 47.7 Å². The molecule has 1 aliphatic rings. The summed E-state index contributed by atoms with van der Waals surface area (Å²) in [6, 6.07) is 8.77. The van der Waals surface area contributed by atoms with Crippen LogP contribution in [0.15, 0.2) is 41.4 Å². The molecule has 0 amide bonds.